The third-order valence-electron chi connectivity index (χ3n) is 7.36. The number of benzene rings is 1. The number of hydrogen-bond donors (Lipinski definition) is 1. The highest BCUT2D eigenvalue weighted by molar-refractivity contribution is 5.62. The zero-order chi connectivity index (χ0) is 20.9. The molecule has 4 aliphatic rings. The fourth-order valence-electron chi connectivity index (χ4n) is 6.01. The second-order valence-electron chi connectivity index (χ2n) is 8.78. The average Bonchev–Trinajstić information content (AvgIpc) is 3.40. The van der Waals surface area contributed by atoms with Gasteiger partial charge >= 0.3 is 0 Å². The molecule has 6 rings (SSSR count). The fourth-order valence-corrected chi connectivity index (χ4v) is 6.01. The number of likely N-dealkylation sites (N-methyl/N-ethyl adjacent to an activating group) is 1. The van der Waals surface area contributed by atoms with Gasteiger partial charge in [0.25, 0.3) is 0 Å². The Bertz CT molecular complexity index is 937. The topological polar surface area (TPSA) is 55.1 Å². The summed E-state index contributed by atoms with van der Waals surface area (Å²) in [5.74, 6) is 3.20. The molecule has 0 saturated carbocycles. The lowest BCUT2D eigenvalue weighted by atomic mass is 9.53. The van der Waals surface area contributed by atoms with Crippen LogP contribution in [0.15, 0.2) is 47.1 Å². The van der Waals surface area contributed by atoms with Gasteiger partial charge in [-0.1, -0.05) is 25.1 Å². The number of aliphatic hydroxyl groups is 1. The Balaban J connectivity index is 0.000000236. The number of furan rings is 1. The molecule has 0 amide bonds. The summed E-state index contributed by atoms with van der Waals surface area (Å²) in [6.45, 7) is 5.75. The van der Waals surface area contributed by atoms with Crippen LogP contribution < -0.4 is 9.47 Å². The Hall–Kier alpha value is -2.24. The van der Waals surface area contributed by atoms with E-state index in [-0.39, 0.29) is 11.5 Å². The molecule has 5 heteroatoms. The molecule has 1 saturated heterocycles. The van der Waals surface area contributed by atoms with Crippen molar-refractivity contribution in [2.24, 2.45) is 5.92 Å². The van der Waals surface area contributed by atoms with Crippen LogP contribution in [0, 0.1) is 5.92 Å². The van der Waals surface area contributed by atoms with Crippen LogP contribution in [0.1, 0.15) is 37.2 Å². The molecular weight excluding hydrogens is 378 g/mol. The summed E-state index contributed by atoms with van der Waals surface area (Å²) in [5, 5.41) is 10.6. The van der Waals surface area contributed by atoms with Gasteiger partial charge in [0.15, 0.2) is 11.5 Å². The van der Waals surface area contributed by atoms with Crippen molar-refractivity contribution in [2.75, 3.05) is 20.2 Å². The lowest BCUT2D eigenvalue weighted by Gasteiger charge is -2.56. The Labute approximate surface area is 178 Å². The van der Waals surface area contributed by atoms with Gasteiger partial charge in [-0.2, -0.15) is 0 Å². The first-order valence-electron chi connectivity index (χ1n) is 11.1. The van der Waals surface area contributed by atoms with Crippen LogP contribution in [-0.2, 0) is 18.3 Å². The van der Waals surface area contributed by atoms with Crippen LogP contribution in [0.5, 0.6) is 11.5 Å². The maximum Gasteiger partial charge on any atom is 0.165 e. The highest BCUT2D eigenvalue weighted by Crippen LogP contribution is 2.62. The molecular formula is C25H31NO4. The minimum atomic E-state index is -0.539. The van der Waals surface area contributed by atoms with E-state index in [1.54, 1.807) is 6.26 Å². The molecule has 2 bridgehead atoms. The second kappa shape index (κ2) is 7.47. The summed E-state index contributed by atoms with van der Waals surface area (Å²) in [4.78, 5) is 2.48. The highest BCUT2D eigenvalue weighted by Gasteiger charge is 2.64. The van der Waals surface area contributed by atoms with Gasteiger partial charge in [-0.15, -0.1) is 0 Å². The fraction of sp³-hybridized carbons (Fsp3) is 0.520. The number of rotatable bonds is 3. The van der Waals surface area contributed by atoms with Gasteiger partial charge in [-0.25, -0.2) is 0 Å². The van der Waals surface area contributed by atoms with Crippen molar-refractivity contribution >= 4 is 0 Å². The van der Waals surface area contributed by atoms with Crippen LogP contribution >= 0.6 is 0 Å². The standard InChI is InChI=1S/C19H23NO3.C6H8O/c1-3-22-15-7-4-11-10-13-12-5-6-14(21)18-19(12,8-9-20(13)2)16(11)17(15)23-18;1-2-6-4-3-5-7-6/h4-7,12-14,18,21H,3,8-10H2,1-2H3;3-5H,2H2,1H3/t12-,13+,14-,18-,19-;/m0./s1. The van der Waals surface area contributed by atoms with Crippen LogP contribution in [0.4, 0.5) is 0 Å². The van der Waals surface area contributed by atoms with E-state index in [4.69, 9.17) is 13.9 Å². The Morgan fingerprint density at radius 3 is 2.80 bits per heavy atom. The van der Waals surface area contributed by atoms with Gasteiger partial charge in [-0.3, -0.25) is 0 Å². The molecule has 2 aliphatic heterocycles. The van der Waals surface area contributed by atoms with Gasteiger partial charge in [0, 0.05) is 29.4 Å². The van der Waals surface area contributed by atoms with E-state index in [1.807, 2.05) is 31.2 Å². The van der Waals surface area contributed by atoms with Crippen molar-refractivity contribution < 1.29 is 19.0 Å². The number of likely N-dealkylation sites (tertiary alicyclic amines) is 1. The lowest BCUT2D eigenvalue weighted by Crippen LogP contribution is -2.64. The molecule has 0 unspecified atom stereocenters. The van der Waals surface area contributed by atoms with Gasteiger partial charge in [0.1, 0.15) is 18.0 Å². The smallest absolute Gasteiger partial charge is 0.165 e. The summed E-state index contributed by atoms with van der Waals surface area (Å²) in [6, 6.07) is 8.63. The summed E-state index contributed by atoms with van der Waals surface area (Å²) >= 11 is 0. The number of piperidine rings is 1. The molecule has 5 nitrogen and oxygen atoms in total. The number of hydrogen-bond acceptors (Lipinski definition) is 5. The normalized spacial score (nSPS) is 32.7. The SMILES string of the molecule is CCOc1ccc2c3c1O[C@H]1[C@@H](O)C=C[C@H]4[C@@H](C2)N(C)CC[C@@]341.CCc1ccco1. The monoisotopic (exact) mass is 409 g/mol. The van der Waals surface area contributed by atoms with E-state index in [1.165, 1.54) is 11.1 Å². The van der Waals surface area contributed by atoms with Crippen LogP contribution in [0.25, 0.3) is 0 Å². The van der Waals surface area contributed by atoms with E-state index < -0.39 is 6.10 Å². The zero-order valence-electron chi connectivity index (χ0n) is 18.0. The molecule has 2 aromatic rings. The van der Waals surface area contributed by atoms with Gasteiger partial charge < -0.3 is 23.9 Å². The van der Waals surface area contributed by atoms with Crippen molar-refractivity contribution in [3.8, 4) is 11.5 Å². The Morgan fingerprint density at radius 2 is 2.10 bits per heavy atom. The largest absolute Gasteiger partial charge is 0.490 e. The minimum Gasteiger partial charge on any atom is -0.490 e. The number of aliphatic hydroxyl groups excluding tert-OH is 1. The number of nitrogens with zero attached hydrogens (tertiary/aromatic N) is 1. The van der Waals surface area contributed by atoms with E-state index in [0.717, 1.165) is 43.1 Å². The maximum absolute atomic E-state index is 10.6. The van der Waals surface area contributed by atoms with E-state index in [9.17, 15) is 5.11 Å². The van der Waals surface area contributed by atoms with Crippen molar-refractivity contribution in [3.05, 3.63) is 59.6 Å². The predicted octanol–water partition coefficient (Wildman–Crippen LogP) is 3.73. The first-order valence-corrected chi connectivity index (χ1v) is 11.1. The molecule has 3 heterocycles. The summed E-state index contributed by atoms with van der Waals surface area (Å²) in [6.07, 6.45) is 8.24. The van der Waals surface area contributed by atoms with Crippen molar-refractivity contribution in [1.29, 1.82) is 0 Å². The van der Waals surface area contributed by atoms with Gasteiger partial charge in [0.05, 0.1) is 12.9 Å². The summed E-state index contributed by atoms with van der Waals surface area (Å²) < 4.78 is 17.2. The maximum atomic E-state index is 10.6. The van der Waals surface area contributed by atoms with Crippen LogP contribution in [0.2, 0.25) is 0 Å². The number of aryl methyl sites for hydroxylation is 1. The van der Waals surface area contributed by atoms with E-state index in [2.05, 4.69) is 31.0 Å². The van der Waals surface area contributed by atoms with Crippen molar-refractivity contribution in [2.45, 2.75) is 56.8 Å². The molecule has 30 heavy (non-hydrogen) atoms. The molecule has 1 aromatic heterocycles. The zero-order valence-corrected chi connectivity index (χ0v) is 18.0. The van der Waals surface area contributed by atoms with Crippen LogP contribution in [-0.4, -0.2) is 48.5 Å². The third-order valence-corrected chi connectivity index (χ3v) is 7.36. The lowest BCUT2D eigenvalue weighted by molar-refractivity contribution is -0.0453. The quantitative estimate of drug-likeness (QED) is 0.783. The molecule has 1 aromatic carbocycles. The van der Waals surface area contributed by atoms with Gasteiger partial charge in [-0.05, 0) is 57.1 Å². The Morgan fingerprint density at radius 1 is 1.23 bits per heavy atom. The van der Waals surface area contributed by atoms with E-state index >= 15 is 0 Å². The van der Waals surface area contributed by atoms with Crippen molar-refractivity contribution in [3.63, 3.8) is 0 Å². The molecule has 160 valence electrons. The third kappa shape index (κ3) is 2.75. The predicted molar refractivity (Wildman–Crippen MR) is 115 cm³/mol. The molecule has 1 N–H and O–H groups in total. The Kier molecular flexibility index (Phi) is 4.91. The van der Waals surface area contributed by atoms with Crippen LogP contribution in [0.3, 0.4) is 0 Å². The highest BCUT2D eigenvalue weighted by atomic mass is 16.5. The average molecular weight is 410 g/mol. The summed E-state index contributed by atoms with van der Waals surface area (Å²) in [5.41, 5.74) is 2.62. The molecule has 5 atom stereocenters. The molecule has 1 fully saturated rings. The second-order valence-corrected chi connectivity index (χ2v) is 8.78. The molecule has 1 spiro atoms. The molecule has 2 aliphatic carbocycles. The first-order chi connectivity index (χ1) is 14.6. The van der Waals surface area contributed by atoms with E-state index in [0.29, 0.717) is 18.6 Å². The molecule has 0 radical (unpaired) electrons. The van der Waals surface area contributed by atoms with Crippen molar-refractivity contribution in [1.82, 2.24) is 4.90 Å². The summed E-state index contributed by atoms with van der Waals surface area (Å²) in [7, 11) is 2.22. The minimum absolute atomic E-state index is 0.0820. The van der Waals surface area contributed by atoms with Gasteiger partial charge in [0.2, 0.25) is 0 Å². The first kappa shape index (κ1) is 19.7. The number of ether oxygens (including phenoxy) is 2.